The minimum Gasteiger partial charge on any atom is -0.494 e. The topological polar surface area (TPSA) is 60.0 Å². The average Bonchev–Trinajstić information content (AvgIpc) is 3.27. The van der Waals surface area contributed by atoms with Crippen LogP contribution in [0.2, 0.25) is 0 Å². The number of carbonyl (C=O) groups is 1. The molecule has 0 spiro atoms. The number of hydrogen-bond acceptors (Lipinski definition) is 5. The molecular formula is C30H34N2O4. The summed E-state index contributed by atoms with van der Waals surface area (Å²) in [4.78, 5) is 15.1. The average molecular weight is 487 g/mol. The summed E-state index contributed by atoms with van der Waals surface area (Å²) in [6, 6.07) is 27.4. The Bertz CT molecular complexity index is 1090. The van der Waals surface area contributed by atoms with Gasteiger partial charge in [-0.1, -0.05) is 61.9 Å². The first kappa shape index (κ1) is 25.5. The quantitative estimate of drug-likeness (QED) is 0.397. The highest BCUT2D eigenvalue weighted by Gasteiger charge is 2.34. The van der Waals surface area contributed by atoms with Gasteiger partial charge in [-0.05, 0) is 54.5 Å². The van der Waals surface area contributed by atoms with Crippen molar-refractivity contribution in [3.05, 3.63) is 102 Å². The molecule has 2 aliphatic rings. The number of nitrogens with one attached hydrogen (secondary N) is 1. The monoisotopic (exact) mass is 486 g/mol. The number of unbranched alkanes of at least 4 members (excludes halogenated alkanes) is 1. The maximum absolute atomic E-state index is 13.3. The minimum atomic E-state index is -0.184. The van der Waals surface area contributed by atoms with Gasteiger partial charge in [0.1, 0.15) is 11.4 Å². The van der Waals surface area contributed by atoms with Crippen LogP contribution in [-0.4, -0.2) is 38.9 Å². The number of para-hydroxylation sites is 2. The molecule has 1 atom stereocenters. The van der Waals surface area contributed by atoms with Crippen molar-refractivity contribution < 1.29 is 19.0 Å². The number of ether oxygens (including phenoxy) is 3. The Hall–Kier alpha value is -3.61. The highest BCUT2D eigenvalue weighted by molar-refractivity contribution is 6.11. The molecule has 36 heavy (non-hydrogen) atoms. The Morgan fingerprint density at radius 2 is 1.47 bits per heavy atom. The van der Waals surface area contributed by atoms with Crippen LogP contribution in [0.3, 0.4) is 0 Å². The van der Waals surface area contributed by atoms with Crippen molar-refractivity contribution >= 4 is 17.3 Å². The van der Waals surface area contributed by atoms with E-state index in [0.29, 0.717) is 5.70 Å². The number of hydrogen-bond donors (Lipinski definition) is 1. The molecule has 1 unspecified atom stereocenters. The summed E-state index contributed by atoms with van der Waals surface area (Å²) in [5, 5.41) is 3.28. The first-order valence-corrected chi connectivity index (χ1v) is 12.6. The zero-order chi connectivity index (χ0) is 25.0. The Balaban J connectivity index is 0.000000445. The Labute approximate surface area is 213 Å². The number of carbonyl (C=O) groups excluding carboxylic acids is 1. The summed E-state index contributed by atoms with van der Waals surface area (Å²) < 4.78 is 15.7. The maximum atomic E-state index is 13.3. The van der Waals surface area contributed by atoms with Crippen LogP contribution in [0.1, 0.15) is 31.4 Å². The van der Waals surface area contributed by atoms with E-state index in [-0.39, 0.29) is 11.9 Å². The van der Waals surface area contributed by atoms with Gasteiger partial charge in [0.2, 0.25) is 0 Å². The normalized spacial score (nSPS) is 17.1. The van der Waals surface area contributed by atoms with Crippen molar-refractivity contribution in [3.8, 4) is 5.75 Å². The molecule has 188 valence electrons. The van der Waals surface area contributed by atoms with E-state index < -0.39 is 0 Å². The van der Waals surface area contributed by atoms with E-state index in [9.17, 15) is 4.79 Å². The van der Waals surface area contributed by atoms with Crippen molar-refractivity contribution in [3.63, 3.8) is 0 Å². The number of rotatable bonds is 8. The van der Waals surface area contributed by atoms with Gasteiger partial charge < -0.3 is 19.5 Å². The third kappa shape index (κ3) is 6.97. The second-order valence-electron chi connectivity index (χ2n) is 8.52. The summed E-state index contributed by atoms with van der Waals surface area (Å²) in [5.41, 5.74) is 3.39. The minimum absolute atomic E-state index is 0.0432. The van der Waals surface area contributed by atoms with Crippen LogP contribution in [0.15, 0.2) is 96.7 Å². The Morgan fingerprint density at radius 3 is 2.06 bits per heavy atom. The van der Waals surface area contributed by atoms with Crippen molar-refractivity contribution in [1.82, 2.24) is 0 Å². The van der Waals surface area contributed by atoms with E-state index in [1.807, 2.05) is 95.9 Å². The van der Waals surface area contributed by atoms with E-state index in [1.54, 1.807) is 0 Å². The number of benzene rings is 3. The van der Waals surface area contributed by atoms with Crippen molar-refractivity contribution in [2.75, 3.05) is 43.3 Å². The second-order valence-corrected chi connectivity index (χ2v) is 8.52. The summed E-state index contributed by atoms with van der Waals surface area (Å²) in [5.74, 6) is 0.813. The van der Waals surface area contributed by atoms with Gasteiger partial charge in [0, 0.05) is 11.4 Å². The fourth-order valence-electron chi connectivity index (χ4n) is 3.98. The summed E-state index contributed by atoms with van der Waals surface area (Å²) in [6.45, 7) is 5.98. The van der Waals surface area contributed by atoms with Gasteiger partial charge in [-0.3, -0.25) is 9.69 Å². The molecule has 0 aliphatic carbocycles. The largest absolute Gasteiger partial charge is 0.494 e. The predicted octanol–water partition coefficient (Wildman–Crippen LogP) is 5.98. The molecule has 1 saturated heterocycles. The van der Waals surface area contributed by atoms with E-state index in [2.05, 4.69) is 12.2 Å². The molecule has 0 radical (unpaired) electrons. The van der Waals surface area contributed by atoms with Crippen LogP contribution in [0.5, 0.6) is 5.75 Å². The fraction of sp³-hybridized carbons (Fsp3) is 0.300. The van der Waals surface area contributed by atoms with Crippen LogP contribution >= 0.6 is 0 Å². The van der Waals surface area contributed by atoms with Gasteiger partial charge in [0.05, 0.1) is 39.1 Å². The Kier molecular flexibility index (Phi) is 9.54. The lowest BCUT2D eigenvalue weighted by Gasteiger charge is -2.25. The van der Waals surface area contributed by atoms with Gasteiger partial charge in [-0.15, -0.1) is 0 Å². The molecule has 3 aromatic rings. The summed E-state index contributed by atoms with van der Waals surface area (Å²) in [7, 11) is 0. The zero-order valence-electron chi connectivity index (χ0n) is 20.8. The molecule has 6 heteroatoms. The summed E-state index contributed by atoms with van der Waals surface area (Å²) >= 11 is 0. The van der Waals surface area contributed by atoms with E-state index in [0.717, 1.165) is 68.6 Å². The standard InChI is InChI=1S/C26H26N2O2.C4H8O2/c1-2-3-18-30-23-16-14-20(15-17-23)25-19-24(27-21-10-6-4-7-11-21)26(29)28(25)22-12-8-5-9-13-22;1-2-6-4-3-5-1/h4-17,19,25,27H,2-3,18H2,1H3;1-4H2. The maximum Gasteiger partial charge on any atom is 0.275 e. The van der Waals surface area contributed by atoms with Gasteiger partial charge in [0.15, 0.2) is 0 Å². The number of anilines is 2. The van der Waals surface area contributed by atoms with Gasteiger partial charge in [-0.25, -0.2) is 0 Å². The molecule has 1 fully saturated rings. The predicted molar refractivity (Wildman–Crippen MR) is 143 cm³/mol. The van der Waals surface area contributed by atoms with Crippen molar-refractivity contribution in [2.24, 2.45) is 0 Å². The van der Waals surface area contributed by atoms with E-state index in [4.69, 9.17) is 14.2 Å². The molecular weight excluding hydrogens is 452 g/mol. The molecule has 6 nitrogen and oxygen atoms in total. The second kappa shape index (κ2) is 13.5. The molecule has 5 rings (SSSR count). The lowest BCUT2D eigenvalue weighted by atomic mass is 10.1. The van der Waals surface area contributed by atoms with Crippen LogP contribution in [0.25, 0.3) is 0 Å². The van der Waals surface area contributed by atoms with Crippen molar-refractivity contribution in [2.45, 2.75) is 25.8 Å². The van der Waals surface area contributed by atoms with Gasteiger partial charge in [0.25, 0.3) is 5.91 Å². The molecule has 2 heterocycles. The first-order chi connectivity index (χ1) is 17.8. The smallest absolute Gasteiger partial charge is 0.275 e. The van der Waals surface area contributed by atoms with Crippen LogP contribution in [-0.2, 0) is 14.3 Å². The van der Waals surface area contributed by atoms with Crippen molar-refractivity contribution in [1.29, 1.82) is 0 Å². The third-order valence-corrected chi connectivity index (χ3v) is 5.87. The van der Waals surface area contributed by atoms with Crippen LogP contribution in [0.4, 0.5) is 11.4 Å². The Morgan fingerprint density at radius 1 is 0.861 bits per heavy atom. The SMILES string of the molecule is C1COCCO1.CCCCOc1ccc(C2C=C(Nc3ccccc3)C(=O)N2c2ccccc2)cc1. The van der Waals surface area contributed by atoms with Crippen LogP contribution < -0.4 is 15.0 Å². The summed E-state index contributed by atoms with van der Waals surface area (Å²) in [6.07, 6.45) is 4.14. The molecule has 0 saturated carbocycles. The third-order valence-electron chi connectivity index (χ3n) is 5.87. The van der Waals surface area contributed by atoms with Crippen LogP contribution in [0, 0.1) is 0 Å². The fourth-order valence-corrected chi connectivity index (χ4v) is 3.98. The molecule has 1 amide bonds. The van der Waals surface area contributed by atoms with Gasteiger partial charge >= 0.3 is 0 Å². The van der Waals surface area contributed by atoms with E-state index in [1.165, 1.54) is 0 Å². The zero-order valence-corrected chi connectivity index (χ0v) is 20.8. The van der Waals surface area contributed by atoms with E-state index >= 15 is 0 Å². The molecule has 1 N–H and O–H groups in total. The molecule has 2 aliphatic heterocycles. The molecule has 3 aromatic carbocycles. The molecule has 0 bridgehead atoms. The number of nitrogens with zero attached hydrogens (tertiary/aromatic N) is 1. The number of amides is 1. The first-order valence-electron chi connectivity index (χ1n) is 12.6. The highest BCUT2D eigenvalue weighted by Crippen LogP contribution is 2.36. The van der Waals surface area contributed by atoms with Gasteiger partial charge in [-0.2, -0.15) is 0 Å². The highest BCUT2D eigenvalue weighted by atomic mass is 16.6. The lowest BCUT2D eigenvalue weighted by Crippen LogP contribution is -2.30. The molecule has 0 aromatic heterocycles. The lowest BCUT2D eigenvalue weighted by molar-refractivity contribution is -0.114.